The molecule has 7 heteroatoms. The second-order valence-corrected chi connectivity index (χ2v) is 8.01. The fraction of sp³-hybridized carbons (Fsp3) is 0.286. The predicted octanol–water partition coefficient (Wildman–Crippen LogP) is 4.36. The molecule has 1 aliphatic rings. The van der Waals surface area contributed by atoms with Crippen LogP contribution in [0.15, 0.2) is 46.3 Å². The second-order valence-electron chi connectivity index (χ2n) is 7.06. The van der Waals surface area contributed by atoms with Crippen LogP contribution in [0.4, 0.5) is 0 Å². The number of H-pyrrole nitrogens is 1. The van der Waals surface area contributed by atoms with E-state index in [1.165, 1.54) is 10.9 Å². The number of carbonyl (C=O) groups excluding carboxylic acids is 1. The molecule has 142 valence electrons. The third kappa shape index (κ3) is 2.92. The number of para-hydroxylation sites is 1. The Morgan fingerprint density at radius 2 is 2.21 bits per heavy atom. The standard InChI is InChI=1S/C21H20N4O2S/c1-13-20-15(14-5-2-3-6-16(14)22-20)10-11-25(13)19(26)9-8-18-23-21(24-27-18)17-7-4-12-28-17/h2-7,12-13,22H,8-11H2,1H3/t13-/m0/s1. The van der Waals surface area contributed by atoms with E-state index >= 15 is 0 Å². The van der Waals surface area contributed by atoms with E-state index in [9.17, 15) is 4.79 Å². The number of thiophene rings is 1. The summed E-state index contributed by atoms with van der Waals surface area (Å²) >= 11 is 1.57. The van der Waals surface area contributed by atoms with Crippen LogP contribution in [0.1, 0.15) is 36.5 Å². The maximum absolute atomic E-state index is 12.9. The predicted molar refractivity (Wildman–Crippen MR) is 108 cm³/mol. The largest absolute Gasteiger partial charge is 0.356 e. The summed E-state index contributed by atoms with van der Waals surface area (Å²) in [6.07, 6.45) is 1.70. The summed E-state index contributed by atoms with van der Waals surface area (Å²) in [4.78, 5) is 23.7. The lowest BCUT2D eigenvalue weighted by Crippen LogP contribution is -2.38. The van der Waals surface area contributed by atoms with Crippen molar-refractivity contribution in [3.8, 4) is 10.7 Å². The molecule has 6 nitrogen and oxygen atoms in total. The summed E-state index contributed by atoms with van der Waals surface area (Å²) in [5.74, 6) is 1.21. The molecule has 1 aliphatic heterocycles. The van der Waals surface area contributed by atoms with E-state index in [1.54, 1.807) is 11.3 Å². The van der Waals surface area contributed by atoms with Gasteiger partial charge < -0.3 is 14.4 Å². The van der Waals surface area contributed by atoms with Crippen LogP contribution in [0, 0.1) is 0 Å². The molecule has 0 saturated carbocycles. The first-order chi connectivity index (χ1) is 13.7. The number of aromatic amines is 1. The fourth-order valence-corrected chi connectivity index (χ4v) is 4.64. The van der Waals surface area contributed by atoms with E-state index < -0.39 is 0 Å². The van der Waals surface area contributed by atoms with E-state index in [0.29, 0.717) is 24.6 Å². The Balaban J connectivity index is 1.28. The monoisotopic (exact) mass is 392 g/mol. The quantitative estimate of drug-likeness (QED) is 0.560. The van der Waals surface area contributed by atoms with Crippen molar-refractivity contribution < 1.29 is 9.32 Å². The van der Waals surface area contributed by atoms with E-state index in [2.05, 4.69) is 40.2 Å². The highest BCUT2D eigenvalue weighted by Gasteiger charge is 2.30. The number of fused-ring (bicyclic) bond motifs is 3. The number of amides is 1. The van der Waals surface area contributed by atoms with Gasteiger partial charge in [0.25, 0.3) is 0 Å². The Morgan fingerprint density at radius 1 is 1.32 bits per heavy atom. The number of nitrogens with zero attached hydrogens (tertiary/aromatic N) is 3. The molecule has 0 spiro atoms. The lowest BCUT2D eigenvalue weighted by Gasteiger charge is -2.33. The summed E-state index contributed by atoms with van der Waals surface area (Å²) in [6.45, 7) is 2.83. The smallest absolute Gasteiger partial charge is 0.227 e. The van der Waals surface area contributed by atoms with Gasteiger partial charge in [-0.25, -0.2) is 0 Å². The van der Waals surface area contributed by atoms with Crippen LogP contribution in [0.3, 0.4) is 0 Å². The molecule has 0 aliphatic carbocycles. The molecule has 0 fully saturated rings. The zero-order valence-corrected chi connectivity index (χ0v) is 16.3. The molecule has 1 N–H and O–H groups in total. The molecular weight excluding hydrogens is 372 g/mol. The Morgan fingerprint density at radius 3 is 3.07 bits per heavy atom. The van der Waals surface area contributed by atoms with Gasteiger partial charge in [-0.1, -0.05) is 29.4 Å². The Bertz CT molecular complexity index is 1130. The third-order valence-corrected chi connectivity index (χ3v) is 6.28. The minimum absolute atomic E-state index is 0.0352. The van der Waals surface area contributed by atoms with Crippen LogP contribution in [-0.2, 0) is 17.6 Å². The van der Waals surface area contributed by atoms with Crippen molar-refractivity contribution in [2.75, 3.05) is 6.54 Å². The number of aromatic nitrogens is 3. The lowest BCUT2D eigenvalue weighted by atomic mass is 9.98. The molecule has 3 aromatic heterocycles. The van der Waals surface area contributed by atoms with E-state index in [4.69, 9.17) is 4.52 Å². The molecule has 1 aromatic carbocycles. The van der Waals surface area contributed by atoms with Crippen LogP contribution < -0.4 is 0 Å². The van der Waals surface area contributed by atoms with Crippen LogP contribution in [0.25, 0.3) is 21.6 Å². The average molecular weight is 392 g/mol. The van der Waals surface area contributed by atoms with Crippen LogP contribution in [0.5, 0.6) is 0 Å². The number of rotatable bonds is 4. The SMILES string of the molecule is C[C@H]1c2[nH]c3ccccc3c2CCN1C(=O)CCc1nc(-c2cccs2)no1. The molecule has 1 atom stereocenters. The van der Waals surface area contributed by atoms with Gasteiger partial charge in [0.1, 0.15) is 0 Å². The zero-order chi connectivity index (χ0) is 19.1. The number of nitrogens with one attached hydrogen (secondary N) is 1. The van der Waals surface area contributed by atoms with Gasteiger partial charge in [-0.2, -0.15) is 4.98 Å². The summed E-state index contributed by atoms with van der Waals surface area (Å²) in [7, 11) is 0. The van der Waals surface area contributed by atoms with Gasteiger partial charge in [0.05, 0.1) is 10.9 Å². The van der Waals surface area contributed by atoms with Crippen molar-refractivity contribution in [2.45, 2.75) is 32.2 Å². The van der Waals surface area contributed by atoms with Crippen LogP contribution in [0.2, 0.25) is 0 Å². The first-order valence-corrected chi connectivity index (χ1v) is 10.3. The van der Waals surface area contributed by atoms with Gasteiger partial charge in [-0.15, -0.1) is 11.3 Å². The molecule has 4 aromatic rings. The van der Waals surface area contributed by atoms with E-state index in [1.807, 2.05) is 28.5 Å². The van der Waals surface area contributed by atoms with Gasteiger partial charge in [-0.05, 0) is 36.4 Å². The highest BCUT2D eigenvalue weighted by Crippen LogP contribution is 2.34. The highest BCUT2D eigenvalue weighted by molar-refractivity contribution is 7.13. The Kier molecular flexibility index (Phi) is 4.24. The summed E-state index contributed by atoms with van der Waals surface area (Å²) in [6, 6.07) is 12.3. The molecule has 0 unspecified atom stereocenters. The van der Waals surface area contributed by atoms with Crippen molar-refractivity contribution in [3.05, 3.63) is 58.9 Å². The minimum Gasteiger partial charge on any atom is -0.356 e. The van der Waals surface area contributed by atoms with Crippen molar-refractivity contribution >= 4 is 28.1 Å². The van der Waals surface area contributed by atoms with Crippen molar-refractivity contribution in [2.24, 2.45) is 0 Å². The zero-order valence-electron chi connectivity index (χ0n) is 15.5. The molecular formula is C21H20N4O2S. The van der Waals surface area contributed by atoms with E-state index in [0.717, 1.165) is 29.1 Å². The highest BCUT2D eigenvalue weighted by atomic mass is 32.1. The number of hydrogen-bond donors (Lipinski definition) is 1. The maximum Gasteiger partial charge on any atom is 0.227 e. The van der Waals surface area contributed by atoms with Crippen molar-refractivity contribution in [3.63, 3.8) is 0 Å². The molecule has 0 saturated heterocycles. The maximum atomic E-state index is 12.9. The first kappa shape index (κ1) is 17.2. The fourth-order valence-electron chi connectivity index (χ4n) is 3.99. The van der Waals surface area contributed by atoms with Crippen molar-refractivity contribution in [1.82, 2.24) is 20.0 Å². The topological polar surface area (TPSA) is 75.0 Å². The number of hydrogen-bond acceptors (Lipinski definition) is 5. The van der Waals surface area contributed by atoms with Gasteiger partial charge in [0, 0.05) is 36.0 Å². The molecule has 0 radical (unpaired) electrons. The normalized spacial score (nSPS) is 16.5. The Labute approximate surface area is 166 Å². The lowest BCUT2D eigenvalue weighted by molar-refractivity contribution is -0.133. The van der Waals surface area contributed by atoms with Gasteiger partial charge in [0.15, 0.2) is 0 Å². The Hall–Kier alpha value is -2.93. The molecule has 4 heterocycles. The first-order valence-electron chi connectivity index (χ1n) is 9.46. The summed E-state index contributed by atoms with van der Waals surface area (Å²) in [5.41, 5.74) is 3.63. The number of aryl methyl sites for hydroxylation is 1. The van der Waals surface area contributed by atoms with Crippen molar-refractivity contribution in [1.29, 1.82) is 0 Å². The van der Waals surface area contributed by atoms with Crippen LogP contribution in [-0.4, -0.2) is 32.5 Å². The second kappa shape index (κ2) is 6.91. The number of benzene rings is 1. The molecule has 28 heavy (non-hydrogen) atoms. The van der Waals surface area contributed by atoms with Gasteiger partial charge in [0.2, 0.25) is 17.6 Å². The molecule has 1 amide bonds. The molecule has 0 bridgehead atoms. The van der Waals surface area contributed by atoms with E-state index in [-0.39, 0.29) is 11.9 Å². The summed E-state index contributed by atoms with van der Waals surface area (Å²) < 4.78 is 5.32. The van der Waals surface area contributed by atoms with Gasteiger partial charge in [-0.3, -0.25) is 4.79 Å². The summed E-state index contributed by atoms with van der Waals surface area (Å²) in [5, 5.41) is 7.26. The molecule has 5 rings (SSSR count). The third-order valence-electron chi connectivity index (χ3n) is 5.42. The minimum atomic E-state index is 0.0352. The van der Waals surface area contributed by atoms with Gasteiger partial charge >= 0.3 is 0 Å². The number of carbonyl (C=O) groups is 1. The average Bonchev–Trinajstić information content (AvgIpc) is 3.45. The van der Waals surface area contributed by atoms with Crippen LogP contribution >= 0.6 is 11.3 Å².